The Morgan fingerprint density at radius 3 is 2.56 bits per heavy atom. The van der Waals surface area contributed by atoms with Crippen LogP contribution in [0.15, 0.2) is 18.2 Å². The van der Waals surface area contributed by atoms with Crippen LogP contribution >= 0.6 is 0 Å². The maximum atomic E-state index is 9.80. The molecule has 90 valence electrons. The highest BCUT2D eigenvalue weighted by atomic mass is 16.5. The maximum absolute atomic E-state index is 9.80. The summed E-state index contributed by atoms with van der Waals surface area (Å²) in [5.74, 6) is 0.874. The first kappa shape index (κ1) is 13.0. The molecule has 0 amide bonds. The Hall–Kier alpha value is -1.06. The van der Waals surface area contributed by atoms with Crippen LogP contribution in [0.25, 0.3) is 0 Å². The number of aryl methyl sites for hydroxylation is 1. The van der Waals surface area contributed by atoms with E-state index >= 15 is 0 Å². The van der Waals surface area contributed by atoms with E-state index in [0.717, 1.165) is 16.9 Å². The molecule has 3 heteroatoms. The van der Waals surface area contributed by atoms with Crippen molar-refractivity contribution < 1.29 is 9.84 Å². The molecule has 0 spiro atoms. The van der Waals surface area contributed by atoms with Gasteiger partial charge in [-0.15, -0.1) is 0 Å². The topological polar surface area (TPSA) is 55.5 Å². The van der Waals surface area contributed by atoms with Gasteiger partial charge in [-0.25, -0.2) is 0 Å². The average Bonchev–Trinajstić information content (AvgIpc) is 2.20. The fraction of sp³-hybridized carbons (Fsp3) is 0.538. The van der Waals surface area contributed by atoms with Gasteiger partial charge >= 0.3 is 0 Å². The third-order valence-electron chi connectivity index (χ3n) is 2.39. The van der Waals surface area contributed by atoms with Crippen LogP contribution in [0.4, 0.5) is 0 Å². The average molecular weight is 223 g/mol. The molecule has 1 aromatic rings. The Balaban J connectivity index is 2.82. The summed E-state index contributed by atoms with van der Waals surface area (Å²) in [6.07, 6.45) is 0.277. The van der Waals surface area contributed by atoms with Gasteiger partial charge in [-0.2, -0.15) is 0 Å². The highest BCUT2D eigenvalue weighted by molar-refractivity contribution is 5.37. The second kappa shape index (κ2) is 5.87. The smallest absolute Gasteiger partial charge is 0.122 e. The summed E-state index contributed by atoms with van der Waals surface area (Å²) in [6.45, 7) is 6.47. The fourth-order valence-corrected chi connectivity index (χ4v) is 1.59. The van der Waals surface area contributed by atoms with E-state index in [2.05, 4.69) is 0 Å². The predicted molar refractivity (Wildman–Crippen MR) is 65.6 cm³/mol. The number of hydrogen-bond acceptors (Lipinski definition) is 3. The molecule has 1 unspecified atom stereocenters. The Labute approximate surface area is 97.2 Å². The van der Waals surface area contributed by atoms with Gasteiger partial charge in [-0.1, -0.05) is 6.07 Å². The van der Waals surface area contributed by atoms with Crippen molar-refractivity contribution in [2.75, 3.05) is 6.54 Å². The Bertz CT molecular complexity index is 337. The predicted octanol–water partition coefficient (Wildman–Crippen LogP) is 2.16. The first-order chi connectivity index (χ1) is 7.54. The van der Waals surface area contributed by atoms with Gasteiger partial charge in [0.05, 0.1) is 12.2 Å². The van der Waals surface area contributed by atoms with Crippen molar-refractivity contribution >= 4 is 0 Å². The Morgan fingerprint density at radius 2 is 2.06 bits per heavy atom. The minimum absolute atomic E-state index is 0.165. The van der Waals surface area contributed by atoms with Gasteiger partial charge in [-0.3, -0.25) is 0 Å². The van der Waals surface area contributed by atoms with E-state index in [1.807, 2.05) is 39.0 Å². The van der Waals surface area contributed by atoms with Crippen LogP contribution in [-0.4, -0.2) is 17.8 Å². The van der Waals surface area contributed by atoms with Crippen molar-refractivity contribution in [1.82, 2.24) is 0 Å². The van der Waals surface area contributed by atoms with Crippen LogP contribution in [0.5, 0.6) is 5.75 Å². The molecule has 0 aliphatic carbocycles. The molecule has 0 aromatic heterocycles. The molecular weight excluding hydrogens is 202 g/mol. The Kier molecular flexibility index (Phi) is 4.77. The summed E-state index contributed by atoms with van der Waals surface area (Å²) < 4.78 is 5.63. The summed E-state index contributed by atoms with van der Waals surface area (Å²) in [6, 6.07) is 5.76. The van der Waals surface area contributed by atoms with E-state index in [4.69, 9.17) is 10.5 Å². The molecule has 0 bridgehead atoms. The summed E-state index contributed by atoms with van der Waals surface area (Å²) in [4.78, 5) is 0. The molecule has 0 saturated heterocycles. The van der Waals surface area contributed by atoms with E-state index in [1.165, 1.54) is 0 Å². The largest absolute Gasteiger partial charge is 0.491 e. The molecule has 0 heterocycles. The van der Waals surface area contributed by atoms with Crippen LogP contribution in [-0.2, 0) is 0 Å². The van der Waals surface area contributed by atoms with Crippen LogP contribution in [0.1, 0.15) is 37.5 Å². The lowest BCUT2D eigenvalue weighted by Gasteiger charge is -2.15. The van der Waals surface area contributed by atoms with E-state index in [1.54, 1.807) is 0 Å². The van der Waals surface area contributed by atoms with Gasteiger partial charge in [-0.05, 0) is 57.0 Å². The molecular formula is C13H21NO2. The van der Waals surface area contributed by atoms with Crippen LogP contribution in [0, 0.1) is 6.92 Å². The van der Waals surface area contributed by atoms with E-state index in [-0.39, 0.29) is 6.10 Å². The van der Waals surface area contributed by atoms with Gasteiger partial charge in [0.1, 0.15) is 5.75 Å². The van der Waals surface area contributed by atoms with Crippen LogP contribution in [0.3, 0.4) is 0 Å². The summed E-state index contributed by atoms with van der Waals surface area (Å²) in [5, 5.41) is 9.80. The Morgan fingerprint density at radius 1 is 1.38 bits per heavy atom. The SMILES string of the molecule is Cc1cc(C(O)CCN)ccc1OC(C)C. The number of aliphatic hydroxyl groups excluding tert-OH is 1. The second-order valence-corrected chi connectivity index (χ2v) is 4.28. The number of rotatable bonds is 5. The van der Waals surface area contributed by atoms with Gasteiger partial charge < -0.3 is 15.6 Å². The second-order valence-electron chi connectivity index (χ2n) is 4.28. The first-order valence-corrected chi connectivity index (χ1v) is 5.70. The highest BCUT2D eigenvalue weighted by Crippen LogP contribution is 2.24. The molecule has 1 rings (SSSR count). The minimum Gasteiger partial charge on any atom is -0.491 e. The van der Waals surface area contributed by atoms with Crippen LogP contribution in [0.2, 0.25) is 0 Å². The van der Waals surface area contributed by atoms with E-state index < -0.39 is 6.10 Å². The van der Waals surface area contributed by atoms with Crippen molar-refractivity contribution in [2.45, 2.75) is 39.4 Å². The standard InChI is InChI=1S/C13H21NO2/c1-9(2)16-13-5-4-11(8-10(13)3)12(15)6-7-14/h4-5,8-9,12,15H,6-7,14H2,1-3H3. The lowest BCUT2D eigenvalue weighted by atomic mass is 10.0. The minimum atomic E-state index is -0.475. The van der Waals surface area contributed by atoms with Gasteiger partial charge in [0.15, 0.2) is 0 Å². The zero-order valence-electron chi connectivity index (χ0n) is 10.2. The lowest BCUT2D eigenvalue weighted by Crippen LogP contribution is -2.09. The third-order valence-corrected chi connectivity index (χ3v) is 2.39. The molecule has 3 N–H and O–H groups in total. The van der Waals surface area contributed by atoms with Crippen molar-refractivity contribution in [3.8, 4) is 5.75 Å². The molecule has 16 heavy (non-hydrogen) atoms. The molecule has 0 fully saturated rings. The highest BCUT2D eigenvalue weighted by Gasteiger charge is 2.09. The zero-order chi connectivity index (χ0) is 12.1. The quantitative estimate of drug-likeness (QED) is 0.804. The maximum Gasteiger partial charge on any atom is 0.122 e. The zero-order valence-corrected chi connectivity index (χ0v) is 10.2. The lowest BCUT2D eigenvalue weighted by molar-refractivity contribution is 0.170. The molecule has 3 nitrogen and oxygen atoms in total. The van der Waals surface area contributed by atoms with Gasteiger partial charge in [0.25, 0.3) is 0 Å². The number of aliphatic hydroxyl groups is 1. The molecule has 0 aliphatic rings. The van der Waals surface area contributed by atoms with Crippen molar-refractivity contribution in [3.05, 3.63) is 29.3 Å². The number of ether oxygens (including phenoxy) is 1. The van der Waals surface area contributed by atoms with Crippen molar-refractivity contribution in [3.63, 3.8) is 0 Å². The van der Waals surface area contributed by atoms with E-state index in [0.29, 0.717) is 13.0 Å². The fourth-order valence-electron chi connectivity index (χ4n) is 1.59. The van der Waals surface area contributed by atoms with Gasteiger partial charge in [0, 0.05) is 0 Å². The van der Waals surface area contributed by atoms with Crippen LogP contribution < -0.4 is 10.5 Å². The monoisotopic (exact) mass is 223 g/mol. The molecule has 0 saturated carbocycles. The van der Waals surface area contributed by atoms with Crippen molar-refractivity contribution in [1.29, 1.82) is 0 Å². The summed E-state index contributed by atoms with van der Waals surface area (Å²) in [7, 11) is 0. The molecule has 1 atom stereocenters. The third kappa shape index (κ3) is 3.51. The number of hydrogen-bond donors (Lipinski definition) is 2. The van der Waals surface area contributed by atoms with Crippen molar-refractivity contribution in [2.24, 2.45) is 5.73 Å². The van der Waals surface area contributed by atoms with E-state index in [9.17, 15) is 5.11 Å². The summed E-state index contributed by atoms with van der Waals surface area (Å²) >= 11 is 0. The summed E-state index contributed by atoms with van der Waals surface area (Å²) in [5.41, 5.74) is 7.36. The normalized spacial score (nSPS) is 12.9. The number of nitrogens with two attached hydrogens (primary N) is 1. The first-order valence-electron chi connectivity index (χ1n) is 5.70. The van der Waals surface area contributed by atoms with Gasteiger partial charge in [0.2, 0.25) is 0 Å². The number of benzene rings is 1. The molecule has 0 aliphatic heterocycles. The molecule has 0 radical (unpaired) electrons. The molecule has 1 aromatic carbocycles.